The van der Waals surface area contributed by atoms with Crippen LogP contribution >= 0.6 is 15.9 Å². The molecule has 2 aliphatic heterocycles. The van der Waals surface area contributed by atoms with Crippen LogP contribution in [-0.2, 0) is 4.74 Å². The number of rotatable bonds is 1. The molecule has 0 bridgehead atoms. The number of benzene rings is 1. The van der Waals surface area contributed by atoms with Crippen LogP contribution in [-0.4, -0.2) is 24.4 Å². The van der Waals surface area contributed by atoms with E-state index in [0.717, 1.165) is 41.8 Å². The monoisotopic (exact) mass is 312 g/mol. The molecule has 1 N–H and O–H groups in total. The topological polar surface area (TPSA) is 38.7 Å². The van der Waals surface area contributed by atoms with Gasteiger partial charge in [-0.3, -0.25) is 0 Å². The van der Waals surface area contributed by atoms with Crippen LogP contribution in [0.1, 0.15) is 30.9 Å². The molecule has 3 rings (SSSR count). The van der Waals surface area contributed by atoms with Crippen molar-refractivity contribution in [2.45, 2.75) is 31.5 Å². The molecule has 0 aromatic heterocycles. The summed E-state index contributed by atoms with van der Waals surface area (Å²) in [5.74, 6) is 1.21. The van der Waals surface area contributed by atoms with Crippen molar-refractivity contribution in [2.24, 2.45) is 5.92 Å². The summed E-state index contributed by atoms with van der Waals surface area (Å²) in [6.07, 6.45) is 2.53. The van der Waals surface area contributed by atoms with Gasteiger partial charge in [0.05, 0.1) is 12.7 Å². The van der Waals surface area contributed by atoms with Crippen LogP contribution in [0.15, 0.2) is 22.7 Å². The second-order valence-electron chi connectivity index (χ2n) is 5.07. The average molecular weight is 313 g/mol. The predicted octanol–water partition coefficient (Wildman–Crippen LogP) is 3.06. The van der Waals surface area contributed by atoms with E-state index in [9.17, 15) is 5.11 Å². The molecular formula is C14H17BrO3. The second kappa shape index (κ2) is 5.19. The first kappa shape index (κ1) is 12.5. The molecule has 2 aliphatic rings. The van der Waals surface area contributed by atoms with Crippen LogP contribution in [0.25, 0.3) is 0 Å². The van der Waals surface area contributed by atoms with Crippen molar-refractivity contribution in [3.8, 4) is 5.75 Å². The van der Waals surface area contributed by atoms with E-state index in [1.165, 1.54) is 0 Å². The van der Waals surface area contributed by atoms with E-state index in [-0.39, 0.29) is 6.10 Å². The predicted molar refractivity (Wildman–Crippen MR) is 71.7 cm³/mol. The highest BCUT2D eigenvalue weighted by Gasteiger charge is 2.33. The lowest BCUT2D eigenvalue weighted by molar-refractivity contribution is -0.0286. The van der Waals surface area contributed by atoms with Gasteiger partial charge in [-0.1, -0.05) is 22.0 Å². The maximum absolute atomic E-state index is 10.2. The van der Waals surface area contributed by atoms with Gasteiger partial charge in [-0.15, -0.1) is 0 Å². The van der Waals surface area contributed by atoms with Crippen molar-refractivity contribution in [1.29, 1.82) is 0 Å². The Labute approximate surface area is 115 Å². The maximum Gasteiger partial charge on any atom is 0.126 e. The Balaban J connectivity index is 1.81. The van der Waals surface area contributed by atoms with Crippen molar-refractivity contribution >= 4 is 15.9 Å². The summed E-state index contributed by atoms with van der Waals surface area (Å²) in [5, 5.41) is 10.2. The van der Waals surface area contributed by atoms with E-state index in [2.05, 4.69) is 15.9 Å². The van der Waals surface area contributed by atoms with Crippen LogP contribution in [0.3, 0.4) is 0 Å². The van der Waals surface area contributed by atoms with E-state index in [4.69, 9.17) is 9.47 Å². The smallest absolute Gasteiger partial charge is 0.126 e. The zero-order valence-corrected chi connectivity index (χ0v) is 11.7. The summed E-state index contributed by atoms with van der Waals surface area (Å²) in [4.78, 5) is 0. The molecule has 3 nitrogen and oxygen atoms in total. The third kappa shape index (κ3) is 2.42. The molecule has 3 atom stereocenters. The van der Waals surface area contributed by atoms with Gasteiger partial charge in [-0.25, -0.2) is 0 Å². The lowest BCUT2D eigenvalue weighted by Gasteiger charge is -2.36. The fourth-order valence-corrected chi connectivity index (χ4v) is 3.13. The first-order chi connectivity index (χ1) is 8.74. The largest absolute Gasteiger partial charge is 0.490 e. The minimum Gasteiger partial charge on any atom is -0.490 e. The van der Waals surface area contributed by atoms with Gasteiger partial charge >= 0.3 is 0 Å². The van der Waals surface area contributed by atoms with Crippen LogP contribution < -0.4 is 4.74 Å². The Bertz CT molecular complexity index is 429. The minimum absolute atomic E-state index is 0.0714. The molecule has 1 saturated heterocycles. The first-order valence-electron chi connectivity index (χ1n) is 6.46. The van der Waals surface area contributed by atoms with Gasteiger partial charge < -0.3 is 14.6 Å². The van der Waals surface area contributed by atoms with E-state index in [0.29, 0.717) is 12.3 Å². The second-order valence-corrected chi connectivity index (χ2v) is 5.98. The van der Waals surface area contributed by atoms with Crippen molar-refractivity contribution in [1.82, 2.24) is 0 Å². The van der Waals surface area contributed by atoms with E-state index < -0.39 is 6.10 Å². The standard InChI is InChI=1S/C14H17BrO3/c15-10-3-4-11-12(16)7-13(18-14(11)6-10)9-2-1-5-17-8-9/h3-4,6,9,12-13,16H,1-2,5,7-8H2. The number of aliphatic hydroxyl groups excluding tert-OH is 1. The van der Waals surface area contributed by atoms with Crippen LogP contribution in [0.2, 0.25) is 0 Å². The number of aliphatic hydroxyl groups is 1. The van der Waals surface area contributed by atoms with Crippen molar-refractivity contribution in [3.05, 3.63) is 28.2 Å². The summed E-state index contributed by atoms with van der Waals surface area (Å²) < 4.78 is 12.5. The molecule has 4 heteroatoms. The third-order valence-electron chi connectivity index (χ3n) is 3.79. The van der Waals surface area contributed by atoms with Gasteiger partial charge in [0.1, 0.15) is 11.9 Å². The quantitative estimate of drug-likeness (QED) is 0.866. The normalized spacial score (nSPS) is 31.6. The third-order valence-corrected chi connectivity index (χ3v) is 4.28. The molecule has 0 saturated carbocycles. The van der Waals surface area contributed by atoms with Crippen LogP contribution in [0, 0.1) is 5.92 Å². The lowest BCUT2D eigenvalue weighted by Crippen LogP contribution is -2.37. The summed E-state index contributed by atoms with van der Waals surface area (Å²) in [7, 11) is 0. The highest BCUT2D eigenvalue weighted by atomic mass is 79.9. The number of ether oxygens (including phenoxy) is 2. The highest BCUT2D eigenvalue weighted by molar-refractivity contribution is 9.10. The lowest BCUT2D eigenvalue weighted by atomic mass is 9.88. The SMILES string of the molecule is OC1CC(C2CCCOC2)Oc2cc(Br)ccc21. The molecule has 1 aromatic rings. The summed E-state index contributed by atoms with van der Waals surface area (Å²) in [6, 6.07) is 5.81. The van der Waals surface area contributed by atoms with Crippen molar-refractivity contribution < 1.29 is 14.6 Å². The number of hydrogen-bond donors (Lipinski definition) is 1. The maximum atomic E-state index is 10.2. The summed E-state index contributed by atoms with van der Waals surface area (Å²) in [5.41, 5.74) is 0.895. The molecule has 18 heavy (non-hydrogen) atoms. The van der Waals surface area contributed by atoms with Crippen LogP contribution in [0.5, 0.6) is 5.75 Å². The first-order valence-corrected chi connectivity index (χ1v) is 7.25. The molecule has 1 fully saturated rings. The van der Waals surface area contributed by atoms with Gasteiger partial charge in [0.2, 0.25) is 0 Å². The van der Waals surface area contributed by atoms with Gasteiger partial charge in [0, 0.05) is 29.0 Å². The fraction of sp³-hybridized carbons (Fsp3) is 0.571. The molecule has 0 spiro atoms. The van der Waals surface area contributed by atoms with Crippen molar-refractivity contribution in [2.75, 3.05) is 13.2 Å². The van der Waals surface area contributed by atoms with E-state index >= 15 is 0 Å². The Kier molecular flexibility index (Phi) is 3.59. The summed E-state index contributed by atoms with van der Waals surface area (Å²) >= 11 is 3.44. The zero-order chi connectivity index (χ0) is 12.5. The van der Waals surface area contributed by atoms with Gasteiger partial charge in [0.25, 0.3) is 0 Å². The summed E-state index contributed by atoms with van der Waals surface area (Å²) in [6.45, 7) is 1.61. The van der Waals surface area contributed by atoms with E-state index in [1.807, 2.05) is 18.2 Å². The molecule has 3 unspecified atom stereocenters. The fourth-order valence-electron chi connectivity index (χ4n) is 2.79. The Hall–Kier alpha value is -0.580. The van der Waals surface area contributed by atoms with E-state index in [1.54, 1.807) is 0 Å². The number of hydrogen-bond acceptors (Lipinski definition) is 3. The molecular weight excluding hydrogens is 296 g/mol. The Morgan fingerprint density at radius 2 is 2.22 bits per heavy atom. The average Bonchev–Trinajstić information content (AvgIpc) is 2.39. The van der Waals surface area contributed by atoms with Crippen LogP contribution in [0.4, 0.5) is 0 Å². The van der Waals surface area contributed by atoms with Gasteiger partial charge in [-0.2, -0.15) is 0 Å². The molecule has 0 radical (unpaired) electrons. The minimum atomic E-state index is -0.422. The molecule has 98 valence electrons. The highest BCUT2D eigenvalue weighted by Crippen LogP contribution is 2.39. The number of fused-ring (bicyclic) bond motifs is 1. The van der Waals surface area contributed by atoms with Gasteiger partial charge in [-0.05, 0) is 25.0 Å². The Morgan fingerprint density at radius 3 is 3.00 bits per heavy atom. The molecule has 1 aromatic carbocycles. The number of halogens is 1. The Morgan fingerprint density at radius 1 is 1.33 bits per heavy atom. The molecule has 0 amide bonds. The molecule has 2 heterocycles. The van der Waals surface area contributed by atoms with Crippen molar-refractivity contribution in [3.63, 3.8) is 0 Å². The van der Waals surface area contributed by atoms with Gasteiger partial charge in [0.15, 0.2) is 0 Å². The molecule has 0 aliphatic carbocycles. The zero-order valence-electron chi connectivity index (χ0n) is 10.1.